The second-order valence-corrected chi connectivity index (χ2v) is 3.19. The zero-order valence-electron chi connectivity index (χ0n) is 8.61. The van der Waals surface area contributed by atoms with Gasteiger partial charge in [0.05, 0.1) is 12.8 Å². The number of carbonyl (C=O) groups is 1. The van der Waals surface area contributed by atoms with Gasteiger partial charge < -0.3 is 9.72 Å². The number of carbonyl (C=O) groups excluding carboxylic acids is 1. The highest BCUT2D eigenvalue weighted by Gasteiger charge is 2.16. The molecule has 0 unspecified atom stereocenters. The van der Waals surface area contributed by atoms with Crippen LogP contribution in [0.1, 0.15) is 10.5 Å². The van der Waals surface area contributed by atoms with E-state index < -0.39 is 11.7 Å². The van der Waals surface area contributed by atoms with Crippen LogP contribution in [0.15, 0.2) is 35.1 Å². The number of nitrogens with one attached hydrogen (secondary N) is 2. The molecule has 0 bridgehead atoms. The van der Waals surface area contributed by atoms with E-state index in [9.17, 15) is 9.59 Å². The number of rotatable bonds is 2. The van der Waals surface area contributed by atoms with Crippen LogP contribution >= 0.6 is 0 Å². The van der Waals surface area contributed by atoms with Crippen molar-refractivity contribution in [3.63, 3.8) is 0 Å². The van der Waals surface area contributed by atoms with Gasteiger partial charge >= 0.3 is 11.7 Å². The van der Waals surface area contributed by atoms with Gasteiger partial charge in [-0.15, -0.1) is 0 Å². The second kappa shape index (κ2) is 4.06. The van der Waals surface area contributed by atoms with E-state index in [1.165, 1.54) is 7.11 Å². The maximum Gasteiger partial charge on any atom is 0.356 e. The molecule has 2 rings (SSSR count). The lowest BCUT2D eigenvalue weighted by atomic mass is 10.1. The van der Waals surface area contributed by atoms with Crippen LogP contribution in [0.2, 0.25) is 0 Å². The van der Waals surface area contributed by atoms with E-state index in [2.05, 4.69) is 14.7 Å². The molecule has 5 heteroatoms. The summed E-state index contributed by atoms with van der Waals surface area (Å²) in [5.74, 6) is -0.572. The Balaban J connectivity index is 2.57. The summed E-state index contributed by atoms with van der Waals surface area (Å²) < 4.78 is 4.58. The van der Waals surface area contributed by atoms with Crippen LogP contribution in [0.5, 0.6) is 0 Å². The molecule has 0 amide bonds. The van der Waals surface area contributed by atoms with Crippen LogP contribution in [0.3, 0.4) is 0 Å². The molecule has 0 saturated carbocycles. The molecule has 0 radical (unpaired) electrons. The normalized spacial score (nSPS) is 10.1. The van der Waals surface area contributed by atoms with Gasteiger partial charge in [0.1, 0.15) is 0 Å². The lowest BCUT2D eigenvalue weighted by Gasteiger charge is -2.00. The van der Waals surface area contributed by atoms with Gasteiger partial charge in [0.25, 0.3) is 0 Å². The number of H-pyrrole nitrogens is 2. The van der Waals surface area contributed by atoms with Gasteiger partial charge in [0, 0.05) is 5.56 Å². The van der Waals surface area contributed by atoms with Crippen LogP contribution in [-0.4, -0.2) is 23.0 Å². The van der Waals surface area contributed by atoms with Crippen molar-refractivity contribution in [2.75, 3.05) is 7.11 Å². The maximum atomic E-state index is 11.4. The monoisotopic (exact) mass is 218 g/mol. The quantitative estimate of drug-likeness (QED) is 0.742. The van der Waals surface area contributed by atoms with Crippen molar-refractivity contribution in [1.29, 1.82) is 0 Å². The highest BCUT2D eigenvalue weighted by Crippen LogP contribution is 2.18. The van der Waals surface area contributed by atoms with Crippen molar-refractivity contribution in [2.45, 2.75) is 0 Å². The smallest absolute Gasteiger partial charge is 0.356 e. The summed E-state index contributed by atoms with van der Waals surface area (Å²) in [6, 6.07) is 9.09. The third-order valence-electron chi connectivity index (χ3n) is 2.18. The molecule has 82 valence electrons. The Kier molecular flexibility index (Phi) is 2.59. The van der Waals surface area contributed by atoms with Crippen molar-refractivity contribution in [2.24, 2.45) is 0 Å². The second-order valence-electron chi connectivity index (χ2n) is 3.19. The summed E-state index contributed by atoms with van der Waals surface area (Å²) in [5.41, 5.74) is 0.900. The molecule has 0 spiro atoms. The first kappa shape index (κ1) is 10.2. The standard InChI is InChI=1S/C11H10N2O3/c1-16-10(14)9-8(12-11(15)13-9)7-5-3-2-4-6-7/h2-6H,1H3,(H2,12,13,15). The Hall–Kier alpha value is -2.30. The molecule has 0 saturated heterocycles. The predicted octanol–water partition coefficient (Wildman–Crippen LogP) is 1.16. The van der Waals surface area contributed by atoms with Crippen LogP contribution in [0.4, 0.5) is 0 Å². The minimum absolute atomic E-state index is 0.138. The maximum absolute atomic E-state index is 11.4. The molecule has 16 heavy (non-hydrogen) atoms. The fraction of sp³-hybridized carbons (Fsp3) is 0.0909. The third kappa shape index (κ3) is 1.75. The van der Waals surface area contributed by atoms with Gasteiger partial charge in [0.2, 0.25) is 0 Å². The molecule has 2 aromatic rings. The molecule has 0 atom stereocenters. The van der Waals surface area contributed by atoms with E-state index in [1.807, 2.05) is 18.2 Å². The summed E-state index contributed by atoms with van der Waals surface area (Å²) in [4.78, 5) is 27.6. The molecule has 0 aliphatic rings. The van der Waals surface area contributed by atoms with Gasteiger partial charge in [-0.2, -0.15) is 0 Å². The number of methoxy groups -OCH3 is 1. The van der Waals surface area contributed by atoms with Crippen LogP contribution in [0.25, 0.3) is 11.3 Å². The number of esters is 1. The van der Waals surface area contributed by atoms with Crippen LogP contribution in [-0.2, 0) is 4.74 Å². The molecule has 1 aromatic heterocycles. The largest absolute Gasteiger partial charge is 0.464 e. The molecule has 2 N–H and O–H groups in total. The summed E-state index contributed by atoms with van der Waals surface area (Å²) in [6.45, 7) is 0. The number of aromatic amines is 2. The lowest BCUT2D eigenvalue weighted by Crippen LogP contribution is -2.06. The number of hydrogen-bond donors (Lipinski definition) is 2. The molecular weight excluding hydrogens is 208 g/mol. The fourth-order valence-corrected chi connectivity index (χ4v) is 1.46. The Labute approximate surface area is 91.1 Å². The molecule has 5 nitrogen and oxygen atoms in total. The highest BCUT2D eigenvalue weighted by atomic mass is 16.5. The van der Waals surface area contributed by atoms with Crippen molar-refractivity contribution in [3.05, 3.63) is 46.5 Å². The minimum atomic E-state index is -0.572. The van der Waals surface area contributed by atoms with Crippen molar-refractivity contribution in [1.82, 2.24) is 9.97 Å². The molecular formula is C11H10N2O3. The summed E-state index contributed by atoms with van der Waals surface area (Å²) in [6.07, 6.45) is 0. The molecule has 1 heterocycles. The van der Waals surface area contributed by atoms with Gasteiger partial charge in [-0.1, -0.05) is 30.3 Å². The summed E-state index contributed by atoms with van der Waals surface area (Å²) in [5, 5.41) is 0. The first-order valence-corrected chi connectivity index (χ1v) is 4.68. The van der Waals surface area contributed by atoms with Gasteiger partial charge in [-0.05, 0) is 0 Å². The van der Waals surface area contributed by atoms with E-state index >= 15 is 0 Å². The number of benzene rings is 1. The first-order chi connectivity index (χ1) is 7.72. The van der Waals surface area contributed by atoms with Crippen LogP contribution < -0.4 is 5.69 Å². The Morgan fingerprint density at radius 1 is 1.19 bits per heavy atom. The van der Waals surface area contributed by atoms with E-state index in [4.69, 9.17) is 0 Å². The number of aromatic nitrogens is 2. The predicted molar refractivity (Wildman–Crippen MR) is 58.2 cm³/mol. The Morgan fingerprint density at radius 3 is 2.50 bits per heavy atom. The number of hydrogen-bond acceptors (Lipinski definition) is 3. The number of imidazole rings is 1. The zero-order chi connectivity index (χ0) is 11.5. The Bertz CT molecular complexity index is 554. The third-order valence-corrected chi connectivity index (χ3v) is 2.18. The summed E-state index contributed by atoms with van der Waals surface area (Å²) >= 11 is 0. The van der Waals surface area contributed by atoms with E-state index in [0.717, 1.165) is 5.56 Å². The van der Waals surface area contributed by atoms with Crippen molar-refractivity contribution in [3.8, 4) is 11.3 Å². The van der Waals surface area contributed by atoms with E-state index in [1.54, 1.807) is 12.1 Å². The summed E-state index contributed by atoms with van der Waals surface area (Å²) in [7, 11) is 1.27. The first-order valence-electron chi connectivity index (χ1n) is 4.68. The average molecular weight is 218 g/mol. The average Bonchev–Trinajstić information content (AvgIpc) is 2.71. The van der Waals surface area contributed by atoms with Gasteiger partial charge in [-0.3, -0.25) is 4.98 Å². The highest BCUT2D eigenvalue weighted by molar-refractivity contribution is 5.94. The van der Waals surface area contributed by atoms with Crippen LogP contribution in [0, 0.1) is 0 Å². The van der Waals surface area contributed by atoms with E-state index in [-0.39, 0.29) is 5.69 Å². The van der Waals surface area contributed by atoms with Crippen molar-refractivity contribution < 1.29 is 9.53 Å². The molecule has 0 fully saturated rings. The number of ether oxygens (including phenoxy) is 1. The topological polar surface area (TPSA) is 75.0 Å². The fourth-order valence-electron chi connectivity index (χ4n) is 1.46. The van der Waals surface area contributed by atoms with Gasteiger partial charge in [0.15, 0.2) is 5.69 Å². The Morgan fingerprint density at radius 2 is 1.88 bits per heavy atom. The SMILES string of the molecule is COC(=O)c1[nH]c(=O)[nH]c1-c1ccccc1. The molecule has 0 aliphatic heterocycles. The molecule has 0 aliphatic carbocycles. The van der Waals surface area contributed by atoms with Crippen molar-refractivity contribution >= 4 is 5.97 Å². The lowest BCUT2D eigenvalue weighted by molar-refractivity contribution is 0.0595. The van der Waals surface area contributed by atoms with Gasteiger partial charge in [-0.25, -0.2) is 9.59 Å². The molecule has 1 aromatic carbocycles. The van der Waals surface area contributed by atoms with E-state index in [0.29, 0.717) is 5.69 Å². The minimum Gasteiger partial charge on any atom is -0.464 e. The zero-order valence-corrected chi connectivity index (χ0v) is 8.61.